The fraction of sp³-hybridized carbons (Fsp3) is 0.839. The fourth-order valence-electron chi connectivity index (χ4n) is 10.1. The molecule has 0 amide bonds. The normalized spacial score (nSPS) is 43.6. The zero-order valence-electron chi connectivity index (χ0n) is 23.2. The first kappa shape index (κ1) is 25.5. The van der Waals surface area contributed by atoms with Gasteiger partial charge in [-0.15, -0.1) is 0 Å². The molecule has 1 aromatic heterocycles. The molecule has 3 heteroatoms. The van der Waals surface area contributed by atoms with Crippen molar-refractivity contribution in [1.82, 2.24) is 4.98 Å². The molecule has 5 rings (SSSR count). The molecule has 4 aliphatic carbocycles. The Morgan fingerprint density at radius 1 is 0.735 bits per heavy atom. The van der Waals surface area contributed by atoms with Crippen molar-refractivity contribution in [3.8, 4) is 0 Å². The first-order valence-electron chi connectivity index (χ1n) is 14.1. The van der Waals surface area contributed by atoms with Gasteiger partial charge in [-0.25, -0.2) is 0 Å². The zero-order chi connectivity index (χ0) is 24.6. The molecule has 0 spiro atoms. The molecular weight excluding hydrogens is 450 g/mol. The number of thioether (sulfide) groups is 2. The lowest BCUT2D eigenvalue weighted by molar-refractivity contribution is 0.106. The van der Waals surface area contributed by atoms with Crippen LogP contribution in [0.5, 0.6) is 0 Å². The van der Waals surface area contributed by atoms with Crippen LogP contribution in [0, 0.1) is 33.5 Å². The van der Waals surface area contributed by atoms with E-state index in [2.05, 4.69) is 97.1 Å². The Morgan fingerprint density at radius 2 is 1.15 bits per heavy atom. The topological polar surface area (TPSA) is 12.9 Å². The molecule has 4 bridgehead atoms. The zero-order valence-corrected chi connectivity index (χ0v) is 24.9. The van der Waals surface area contributed by atoms with Gasteiger partial charge < -0.3 is 0 Å². The number of hydrogen-bond donors (Lipinski definition) is 0. The van der Waals surface area contributed by atoms with Crippen LogP contribution in [-0.4, -0.2) is 26.0 Å². The van der Waals surface area contributed by atoms with Crippen LogP contribution >= 0.6 is 23.5 Å². The van der Waals surface area contributed by atoms with E-state index in [0.717, 1.165) is 24.7 Å². The van der Waals surface area contributed by atoms with Crippen molar-refractivity contribution in [3.63, 3.8) is 0 Å². The fourth-order valence-corrected chi connectivity index (χ4v) is 13.7. The monoisotopic (exact) mass is 499 g/mol. The van der Waals surface area contributed by atoms with Crippen molar-refractivity contribution in [1.29, 1.82) is 0 Å². The highest BCUT2D eigenvalue weighted by Gasteiger charge is 2.69. The molecule has 4 aliphatic rings. The lowest BCUT2D eigenvalue weighted by Gasteiger charge is -2.54. The molecule has 190 valence electrons. The quantitative estimate of drug-likeness (QED) is 0.354. The van der Waals surface area contributed by atoms with E-state index >= 15 is 0 Å². The van der Waals surface area contributed by atoms with E-state index in [-0.39, 0.29) is 0 Å². The molecule has 0 saturated heterocycles. The average molecular weight is 500 g/mol. The van der Waals surface area contributed by atoms with Crippen LogP contribution in [0.2, 0.25) is 0 Å². The van der Waals surface area contributed by atoms with Gasteiger partial charge in [0, 0.05) is 33.7 Å². The molecule has 1 nitrogen and oxygen atoms in total. The van der Waals surface area contributed by atoms with E-state index in [1.165, 1.54) is 61.4 Å². The van der Waals surface area contributed by atoms with Crippen LogP contribution in [0.25, 0.3) is 0 Å². The van der Waals surface area contributed by atoms with E-state index in [0.29, 0.717) is 31.2 Å². The van der Waals surface area contributed by atoms with E-state index in [4.69, 9.17) is 4.98 Å². The lowest BCUT2D eigenvalue weighted by Crippen LogP contribution is -2.54. The Balaban J connectivity index is 1.49. The molecule has 0 unspecified atom stereocenters. The van der Waals surface area contributed by atoms with E-state index < -0.39 is 0 Å². The van der Waals surface area contributed by atoms with Crippen molar-refractivity contribution in [2.75, 3.05) is 11.5 Å². The molecular formula is C31H49NS2. The summed E-state index contributed by atoms with van der Waals surface area (Å²) >= 11 is 4.52. The van der Waals surface area contributed by atoms with Gasteiger partial charge in [0.1, 0.15) is 0 Å². The van der Waals surface area contributed by atoms with Gasteiger partial charge >= 0.3 is 0 Å². The van der Waals surface area contributed by atoms with Gasteiger partial charge in [0.25, 0.3) is 0 Å². The lowest BCUT2D eigenvalue weighted by atomic mass is 9.61. The largest absolute Gasteiger partial charge is 0.258 e. The summed E-state index contributed by atoms with van der Waals surface area (Å²) in [6, 6.07) is 7.03. The molecule has 1 aromatic rings. The van der Waals surface area contributed by atoms with Gasteiger partial charge in [0.15, 0.2) is 0 Å². The maximum absolute atomic E-state index is 5.49. The molecule has 0 aliphatic heterocycles. The van der Waals surface area contributed by atoms with Crippen LogP contribution in [-0.2, 0) is 12.8 Å². The van der Waals surface area contributed by atoms with Crippen molar-refractivity contribution < 1.29 is 0 Å². The van der Waals surface area contributed by atoms with Crippen molar-refractivity contribution in [3.05, 3.63) is 29.6 Å². The average Bonchev–Trinajstić information content (AvgIpc) is 3.44. The Kier molecular flexibility index (Phi) is 6.13. The van der Waals surface area contributed by atoms with Crippen LogP contribution in [0.15, 0.2) is 18.2 Å². The minimum atomic E-state index is 0.302. The van der Waals surface area contributed by atoms with Crippen molar-refractivity contribution in [2.24, 2.45) is 33.5 Å². The first-order chi connectivity index (χ1) is 15.9. The van der Waals surface area contributed by atoms with Crippen LogP contribution in [0.4, 0.5) is 0 Å². The Labute approximate surface area is 218 Å². The van der Waals surface area contributed by atoms with Crippen LogP contribution in [0.1, 0.15) is 105 Å². The molecule has 6 atom stereocenters. The highest BCUT2D eigenvalue weighted by molar-refractivity contribution is 8.01. The van der Waals surface area contributed by atoms with Gasteiger partial charge in [-0.1, -0.05) is 61.5 Å². The van der Waals surface area contributed by atoms with E-state index in [1.54, 1.807) is 0 Å². The molecule has 0 N–H and O–H groups in total. The Hall–Kier alpha value is -0.150. The van der Waals surface area contributed by atoms with Gasteiger partial charge in [0.05, 0.1) is 0 Å². The minimum Gasteiger partial charge on any atom is -0.258 e. The summed E-state index contributed by atoms with van der Waals surface area (Å²) in [5.74, 6) is 4.16. The second kappa shape index (κ2) is 8.17. The summed E-state index contributed by atoms with van der Waals surface area (Å²) in [6.45, 7) is 20.3. The van der Waals surface area contributed by atoms with Crippen LogP contribution < -0.4 is 0 Å². The van der Waals surface area contributed by atoms with E-state index in [9.17, 15) is 0 Å². The summed E-state index contributed by atoms with van der Waals surface area (Å²) < 4.78 is 0.605. The second-order valence-corrected chi connectivity index (χ2v) is 17.1. The summed E-state index contributed by atoms with van der Waals surface area (Å²) in [4.78, 5) is 5.49. The Bertz CT molecular complexity index is 854. The van der Waals surface area contributed by atoms with Crippen molar-refractivity contribution in [2.45, 2.75) is 116 Å². The first-order valence-corrected chi connectivity index (χ1v) is 16.1. The summed E-state index contributed by atoms with van der Waals surface area (Å²) in [6.07, 6.45) is 10.7. The third kappa shape index (κ3) is 3.17. The third-order valence-corrected chi connectivity index (χ3v) is 16.0. The number of hydrogen-bond acceptors (Lipinski definition) is 3. The standard InChI is InChI=1S/C31H49NS2/c1-9-33-30(26(3,4)22-14-16-28(30,7)18-22)20-24-12-11-13-25(32-24)21-31(34-10-2)27(5,6)23-15-17-29(31,8)19-23/h11-13,22-23H,9-10,14-21H2,1-8H3/t22-,23-,28+,29+,30-,31-/m0/s1. The maximum Gasteiger partial charge on any atom is 0.0421 e. The molecule has 1 heterocycles. The summed E-state index contributed by atoms with van der Waals surface area (Å²) in [5.41, 5.74) is 4.33. The van der Waals surface area contributed by atoms with Gasteiger partial charge in [-0.2, -0.15) is 23.5 Å². The van der Waals surface area contributed by atoms with Crippen LogP contribution in [0.3, 0.4) is 0 Å². The predicted octanol–water partition coefficient (Wildman–Crippen LogP) is 8.84. The van der Waals surface area contributed by atoms with Crippen molar-refractivity contribution >= 4 is 23.5 Å². The smallest absolute Gasteiger partial charge is 0.0421 e. The number of aromatic nitrogens is 1. The summed E-state index contributed by atoms with van der Waals surface area (Å²) in [7, 11) is 0. The number of nitrogens with zero attached hydrogens (tertiary/aromatic N) is 1. The minimum absolute atomic E-state index is 0.302. The predicted molar refractivity (Wildman–Crippen MR) is 152 cm³/mol. The van der Waals surface area contributed by atoms with E-state index in [1.807, 2.05) is 0 Å². The number of rotatable bonds is 8. The van der Waals surface area contributed by atoms with Gasteiger partial charge in [-0.3, -0.25) is 4.98 Å². The SMILES string of the molecule is CCS[C@@]1(Cc2cccc(C[C@]3(SCC)C(C)(C)[C@H]4CC[C@]3(C)C4)n2)C(C)(C)[C@H]2CC[C@]1(C)C2. The number of pyridine rings is 1. The van der Waals surface area contributed by atoms with Gasteiger partial charge in [-0.05, 0) is 95.7 Å². The summed E-state index contributed by atoms with van der Waals surface area (Å²) in [5, 5.41) is 0. The molecule has 0 aromatic carbocycles. The Morgan fingerprint density at radius 3 is 1.47 bits per heavy atom. The molecule has 4 fully saturated rings. The second-order valence-electron chi connectivity index (χ2n) is 13.9. The highest BCUT2D eigenvalue weighted by atomic mass is 32.2. The molecule has 34 heavy (non-hydrogen) atoms. The van der Waals surface area contributed by atoms with Gasteiger partial charge in [0.2, 0.25) is 0 Å². The molecule has 0 radical (unpaired) electrons. The molecule has 4 saturated carbocycles. The highest BCUT2D eigenvalue weighted by Crippen LogP contribution is 2.74. The third-order valence-electron chi connectivity index (χ3n) is 12.1. The maximum atomic E-state index is 5.49. The number of fused-ring (bicyclic) bond motifs is 4.